The van der Waals surface area contributed by atoms with E-state index < -0.39 is 0 Å². The summed E-state index contributed by atoms with van der Waals surface area (Å²) in [5.74, 6) is 0. The molecular weight excluding hydrogens is 214 g/mol. The fourth-order valence-electron chi connectivity index (χ4n) is 2.56. The molecule has 4 nitrogen and oxygen atoms in total. The zero-order valence-electron chi connectivity index (χ0n) is 9.21. The Morgan fingerprint density at radius 3 is 2.47 bits per heavy atom. The van der Waals surface area contributed by atoms with Crippen LogP contribution in [0.3, 0.4) is 0 Å². The zero-order valence-corrected chi connectivity index (χ0v) is 10.0. The summed E-state index contributed by atoms with van der Waals surface area (Å²) in [5.41, 5.74) is 0.504. The van der Waals surface area contributed by atoms with E-state index in [0.717, 1.165) is 39.0 Å². The Balaban J connectivity index is 0.00000112. The van der Waals surface area contributed by atoms with Crippen LogP contribution in [0.25, 0.3) is 0 Å². The maximum absolute atomic E-state index is 11.4. The van der Waals surface area contributed by atoms with Crippen molar-refractivity contribution in [1.29, 1.82) is 0 Å². The molecule has 0 aliphatic carbocycles. The second kappa shape index (κ2) is 5.03. The van der Waals surface area contributed by atoms with Gasteiger partial charge < -0.3 is 15.5 Å². The highest BCUT2D eigenvalue weighted by molar-refractivity contribution is 5.85. The van der Waals surface area contributed by atoms with E-state index >= 15 is 0 Å². The number of hydrogen-bond acceptors (Lipinski definition) is 2. The van der Waals surface area contributed by atoms with Crippen molar-refractivity contribution in [3.05, 3.63) is 0 Å². The summed E-state index contributed by atoms with van der Waals surface area (Å²) in [5, 5.41) is 6.11. The second-order valence-electron chi connectivity index (χ2n) is 4.47. The third kappa shape index (κ3) is 2.55. The first-order valence-electron chi connectivity index (χ1n) is 5.43. The number of urea groups is 1. The van der Waals surface area contributed by atoms with Crippen molar-refractivity contribution < 1.29 is 4.79 Å². The largest absolute Gasteiger partial charge is 0.341 e. The van der Waals surface area contributed by atoms with Gasteiger partial charge >= 0.3 is 6.03 Å². The van der Waals surface area contributed by atoms with Crippen molar-refractivity contribution in [2.45, 2.75) is 19.3 Å². The molecule has 2 saturated heterocycles. The van der Waals surface area contributed by atoms with E-state index in [9.17, 15) is 4.79 Å². The maximum Gasteiger partial charge on any atom is 0.317 e. The molecular formula is C10H20ClN3O. The third-order valence-corrected chi connectivity index (χ3v) is 3.66. The molecule has 0 aromatic carbocycles. The molecule has 2 N–H and O–H groups in total. The summed E-state index contributed by atoms with van der Waals surface area (Å²) in [7, 11) is 1.70. The molecule has 0 atom stereocenters. The molecule has 2 amide bonds. The predicted octanol–water partition coefficient (Wildman–Crippen LogP) is 0.823. The van der Waals surface area contributed by atoms with Crippen LogP contribution in [-0.4, -0.2) is 44.2 Å². The Kier molecular flexibility index (Phi) is 4.22. The Morgan fingerprint density at radius 2 is 2.00 bits per heavy atom. The SMILES string of the molecule is CNC(=O)N1CCC2(CCNC2)CC1.Cl. The average molecular weight is 234 g/mol. The van der Waals surface area contributed by atoms with Crippen molar-refractivity contribution in [3.63, 3.8) is 0 Å². The highest BCUT2D eigenvalue weighted by Crippen LogP contribution is 2.36. The van der Waals surface area contributed by atoms with E-state index in [4.69, 9.17) is 0 Å². The Labute approximate surface area is 97.2 Å². The van der Waals surface area contributed by atoms with Gasteiger partial charge in [0.25, 0.3) is 0 Å². The molecule has 0 unspecified atom stereocenters. The van der Waals surface area contributed by atoms with E-state index in [-0.39, 0.29) is 18.4 Å². The summed E-state index contributed by atoms with van der Waals surface area (Å²) in [6, 6.07) is 0.0748. The molecule has 2 heterocycles. The first-order valence-corrected chi connectivity index (χ1v) is 5.43. The van der Waals surface area contributed by atoms with Gasteiger partial charge in [-0.3, -0.25) is 0 Å². The van der Waals surface area contributed by atoms with Crippen LogP contribution >= 0.6 is 12.4 Å². The van der Waals surface area contributed by atoms with Gasteiger partial charge in [-0.15, -0.1) is 12.4 Å². The first-order chi connectivity index (χ1) is 6.76. The topological polar surface area (TPSA) is 44.4 Å². The van der Waals surface area contributed by atoms with E-state index in [1.54, 1.807) is 7.05 Å². The van der Waals surface area contributed by atoms with Crippen molar-refractivity contribution in [3.8, 4) is 0 Å². The minimum atomic E-state index is 0. The van der Waals surface area contributed by atoms with Gasteiger partial charge in [0.1, 0.15) is 0 Å². The molecule has 0 bridgehead atoms. The number of nitrogens with one attached hydrogen (secondary N) is 2. The molecule has 0 radical (unpaired) electrons. The second-order valence-corrected chi connectivity index (χ2v) is 4.47. The van der Waals surface area contributed by atoms with Crippen molar-refractivity contribution in [2.24, 2.45) is 5.41 Å². The lowest BCUT2D eigenvalue weighted by Gasteiger charge is -2.38. The molecule has 15 heavy (non-hydrogen) atoms. The average Bonchev–Trinajstić information content (AvgIpc) is 2.67. The lowest BCUT2D eigenvalue weighted by atomic mass is 9.78. The van der Waals surface area contributed by atoms with Crippen molar-refractivity contribution in [1.82, 2.24) is 15.5 Å². The van der Waals surface area contributed by atoms with Crippen LogP contribution < -0.4 is 10.6 Å². The first kappa shape index (κ1) is 12.6. The Morgan fingerprint density at radius 1 is 1.33 bits per heavy atom. The lowest BCUT2D eigenvalue weighted by molar-refractivity contribution is 0.130. The van der Waals surface area contributed by atoms with E-state index in [0.29, 0.717) is 5.41 Å². The molecule has 0 aromatic rings. The number of piperidine rings is 1. The predicted molar refractivity (Wildman–Crippen MR) is 62.4 cm³/mol. The fourth-order valence-corrected chi connectivity index (χ4v) is 2.56. The van der Waals surface area contributed by atoms with Crippen molar-refractivity contribution >= 4 is 18.4 Å². The number of likely N-dealkylation sites (tertiary alicyclic amines) is 1. The fraction of sp³-hybridized carbons (Fsp3) is 0.900. The van der Waals surface area contributed by atoms with Crippen LogP contribution in [0.5, 0.6) is 0 Å². The van der Waals surface area contributed by atoms with Crippen LogP contribution in [0.15, 0.2) is 0 Å². The van der Waals surface area contributed by atoms with Gasteiger partial charge in [-0.1, -0.05) is 0 Å². The number of carbonyl (C=O) groups is 1. The number of carbonyl (C=O) groups excluding carboxylic acids is 1. The van der Waals surface area contributed by atoms with E-state index in [2.05, 4.69) is 10.6 Å². The van der Waals surface area contributed by atoms with Gasteiger partial charge in [0.05, 0.1) is 0 Å². The number of halogens is 1. The van der Waals surface area contributed by atoms with Gasteiger partial charge in [-0.05, 0) is 31.2 Å². The number of amides is 2. The van der Waals surface area contributed by atoms with Crippen LogP contribution in [0.1, 0.15) is 19.3 Å². The zero-order chi connectivity index (χ0) is 10.0. The smallest absolute Gasteiger partial charge is 0.317 e. The minimum absolute atomic E-state index is 0. The highest BCUT2D eigenvalue weighted by Gasteiger charge is 2.37. The number of nitrogens with zero attached hydrogens (tertiary/aromatic N) is 1. The Bertz CT molecular complexity index is 219. The molecule has 88 valence electrons. The summed E-state index contributed by atoms with van der Waals surface area (Å²) in [6.45, 7) is 4.14. The van der Waals surface area contributed by atoms with Crippen LogP contribution in [0.4, 0.5) is 4.79 Å². The van der Waals surface area contributed by atoms with Crippen LogP contribution in [-0.2, 0) is 0 Å². The molecule has 2 fully saturated rings. The van der Waals surface area contributed by atoms with Gasteiger partial charge in [0.15, 0.2) is 0 Å². The summed E-state index contributed by atoms with van der Waals surface area (Å²) < 4.78 is 0. The molecule has 2 aliphatic heterocycles. The monoisotopic (exact) mass is 233 g/mol. The molecule has 5 heteroatoms. The third-order valence-electron chi connectivity index (χ3n) is 3.66. The summed E-state index contributed by atoms with van der Waals surface area (Å²) >= 11 is 0. The summed E-state index contributed by atoms with van der Waals surface area (Å²) in [4.78, 5) is 13.3. The normalized spacial score (nSPS) is 23.7. The van der Waals surface area contributed by atoms with E-state index in [1.165, 1.54) is 6.42 Å². The van der Waals surface area contributed by atoms with E-state index in [1.807, 2.05) is 4.90 Å². The maximum atomic E-state index is 11.4. The van der Waals surface area contributed by atoms with Gasteiger partial charge in [-0.2, -0.15) is 0 Å². The van der Waals surface area contributed by atoms with Gasteiger partial charge in [-0.25, -0.2) is 4.79 Å². The molecule has 2 rings (SSSR count). The van der Waals surface area contributed by atoms with Crippen LogP contribution in [0.2, 0.25) is 0 Å². The van der Waals surface area contributed by atoms with Gasteiger partial charge in [0, 0.05) is 26.7 Å². The minimum Gasteiger partial charge on any atom is -0.341 e. The molecule has 0 aromatic heterocycles. The number of hydrogen-bond donors (Lipinski definition) is 2. The standard InChI is InChI=1S/C10H19N3O.ClH/c1-11-9(14)13-6-3-10(4-7-13)2-5-12-8-10;/h12H,2-8H2,1H3,(H,11,14);1H. The van der Waals surface area contributed by atoms with Crippen molar-refractivity contribution in [2.75, 3.05) is 33.2 Å². The quantitative estimate of drug-likeness (QED) is 0.651. The summed E-state index contributed by atoms with van der Waals surface area (Å²) in [6.07, 6.45) is 3.61. The number of rotatable bonds is 0. The molecule has 0 saturated carbocycles. The van der Waals surface area contributed by atoms with Crippen LogP contribution in [0, 0.1) is 5.41 Å². The Hall–Kier alpha value is -0.480. The van der Waals surface area contributed by atoms with Gasteiger partial charge in [0.2, 0.25) is 0 Å². The molecule has 1 spiro atoms. The lowest BCUT2D eigenvalue weighted by Crippen LogP contribution is -2.47. The molecule has 2 aliphatic rings. The highest BCUT2D eigenvalue weighted by atomic mass is 35.5.